The molecule has 5 aromatic rings. The third kappa shape index (κ3) is 9.70. The molecule has 2 amide bonds. The minimum atomic E-state index is -2.90. The molecular weight excluding hydrogens is 711 g/mol. The minimum Gasteiger partial charge on any atom is -0.482 e. The highest BCUT2D eigenvalue weighted by atomic mass is 32.2. The molecular formula is C44H45N5O5S. The number of rotatable bonds is 13. The number of benzene rings is 4. The van der Waals surface area contributed by atoms with Crippen molar-refractivity contribution in [3.63, 3.8) is 0 Å². The van der Waals surface area contributed by atoms with Gasteiger partial charge in [-0.25, -0.2) is 18.2 Å². The van der Waals surface area contributed by atoms with E-state index in [1.54, 1.807) is 0 Å². The molecule has 0 aliphatic carbocycles. The van der Waals surface area contributed by atoms with Crippen molar-refractivity contribution in [2.45, 2.75) is 64.7 Å². The molecule has 3 heterocycles. The molecule has 7 rings (SSSR count). The quantitative estimate of drug-likeness (QED) is 0.132. The van der Waals surface area contributed by atoms with Gasteiger partial charge >= 0.3 is 6.03 Å². The lowest BCUT2D eigenvalue weighted by Crippen LogP contribution is -2.37. The van der Waals surface area contributed by atoms with Gasteiger partial charge in [-0.2, -0.15) is 4.98 Å². The molecule has 10 nitrogen and oxygen atoms in total. The first-order valence-electron chi connectivity index (χ1n) is 18.6. The highest BCUT2D eigenvalue weighted by molar-refractivity contribution is 7.91. The summed E-state index contributed by atoms with van der Waals surface area (Å²) in [6.07, 6.45) is 2.12. The van der Waals surface area contributed by atoms with Gasteiger partial charge in [0.05, 0.1) is 24.1 Å². The Labute approximate surface area is 323 Å². The third-order valence-electron chi connectivity index (χ3n) is 9.83. The maximum absolute atomic E-state index is 14.0. The molecule has 1 aromatic heterocycles. The number of nitrogens with one attached hydrogen (secondary N) is 1. The van der Waals surface area contributed by atoms with Crippen molar-refractivity contribution in [2.75, 3.05) is 18.1 Å². The van der Waals surface area contributed by atoms with E-state index in [4.69, 9.17) is 9.47 Å². The topological polar surface area (TPSA) is 114 Å². The van der Waals surface area contributed by atoms with Crippen LogP contribution in [0.5, 0.6) is 11.6 Å². The van der Waals surface area contributed by atoms with Crippen LogP contribution < -0.4 is 14.8 Å². The van der Waals surface area contributed by atoms with E-state index in [0.29, 0.717) is 50.0 Å². The summed E-state index contributed by atoms with van der Waals surface area (Å²) in [7, 11) is -2.90. The average molecular weight is 756 g/mol. The lowest BCUT2D eigenvalue weighted by molar-refractivity contribution is 0.171. The summed E-state index contributed by atoms with van der Waals surface area (Å²) in [5.74, 6) is 7.73. The van der Waals surface area contributed by atoms with Crippen molar-refractivity contribution in [1.82, 2.24) is 25.1 Å². The second kappa shape index (κ2) is 17.2. The molecule has 2 aliphatic rings. The SMILES string of the molecule is CC(C)N1C(=O)N(Cc2ncnc(OCc3ccccc3)c2OCc2ccccc2)CC1c1ccc(C#Cc2ccc(CNC3CCS(=O)(=O)C3)cc2)cc1. The van der Waals surface area contributed by atoms with E-state index in [2.05, 4.69) is 27.1 Å². The van der Waals surface area contributed by atoms with Crippen LogP contribution in [0.2, 0.25) is 0 Å². The van der Waals surface area contributed by atoms with Crippen molar-refractivity contribution < 1.29 is 22.7 Å². The fourth-order valence-electron chi connectivity index (χ4n) is 6.90. The van der Waals surface area contributed by atoms with Crippen LogP contribution in [0.15, 0.2) is 116 Å². The smallest absolute Gasteiger partial charge is 0.321 e. The van der Waals surface area contributed by atoms with Crippen LogP contribution in [0, 0.1) is 11.8 Å². The molecule has 1 N–H and O–H groups in total. The fraction of sp³-hybridized carbons (Fsp3) is 0.295. The maximum atomic E-state index is 14.0. The Balaban J connectivity index is 1.03. The van der Waals surface area contributed by atoms with Crippen molar-refractivity contribution in [3.8, 4) is 23.5 Å². The van der Waals surface area contributed by atoms with Crippen molar-refractivity contribution >= 4 is 15.9 Å². The number of carbonyl (C=O) groups is 1. The fourth-order valence-corrected chi connectivity index (χ4v) is 8.60. The average Bonchev–Trinajstić information content (AvgIpc) is 3.73. The number of sulfone groups is 1. The van der Waals surface area contributed by atoms with Crippen molar-refractivity contribution in [2.24, 2.45) is 0 Å². The number of amides is 2. The largest absolute Gasteiger partial charge is 0.482 e. The standard InChI is InChI=1S/C44H45N5O5S/c1-32(2)49-41(38-21-19-34(20-22-38)14-13-33-15-17-35(18-16-33)25-45-39-23-24-55(51,52)30-39)27-48(44(49)50)26-40-42(53-28-36-9-5-3-6-10-36)43(47-31-46-40)54-29-37-11-7-4-8-12-37/h3-12,15-22,31-32,39,41,45H,23-30H2,1-2H3. The van der Waals surface area contributed by atoms with Crippen LogP contribution in [0.1, 0.15) is 65.4 Å². The van der Waals surface area contributed by atoms with Crippen LogP contribution in [0.3, 0.4) is 0 Å². The Hall–Kier alpha value is -5.70. The zero-order chi connectivity index (χ0) is 38.2. The Morgan fingerprint density at radius 2 is 1.42 bits per heavy atom. The number of nitrogens with zero attached hydrogens (tertiary/aromatic N) is 4. The molecule has 2 atom stereocenters. The second-order valence-corrected chi connectivity index (χ2v) is 16.5. The number of urea groups is 1. The number of carbonyl (C=O) groups excluding carboxylic acids is 1. The molecule has 2 fully saturated rings. The first-order valence-corrected chi connectivity index (χ1v) is 20.4. The van der Waals surface area contributed by atoms with E-state index in [1.807, 2.05) is 133 Å². The molecule has 2 aliphatic heterocycles. The summed E-state index contributed by atoms with van der Waals surface area (Å²) in [4.78, 5) is 26.8. The van der Waals surface area contributed by atoms with E-state index in [-0.39, 0.29) is 42.2 Å². The summed E-state index contributed by atoms with van der Waals surface area (Å²) < 4.78 is 36.0. The number of hydrogen-bond acceptors (Lipinski definition) is 8. The van der Waals surface area contributed by atoms with Gasteiger partial charge in [-0.3, -0.25) is 0 Å². The van der Waals surface area contributed by atoms with E-state index < -0.39 is 9.84 Å². The normalized spacial score (nSPS) is 17.6. The number of aromatic nitrogens is 2. The second-order valence-electron chi connectivity index (χ2n) is 14.2. The summed E-state index contributed by atoms with van der Waals surface area (Å²) in [5.41, 5.74) is 6.44. The van der Waals surface area contributed by atoms with Gasteiger partial charge in [-0.1, -0.05) is 96.8 Å². The van der Waals surface area contributed by atoms with Crippen molar-refractivity contribution in [1.29, 1.82) is 0 Å². The predicted octanol–water partition coefficient (Wildman–Crippen LogP) is 6.70. The molecule has 4 aromatic carbocycles. The highest BCUT2D eigenvalue weighted by Crippen LogP contribution is 2.35. The lowest BCUT2D eigenvalue weighted by Gasteiger charge is -2.27. The monoisotopic (exact) mass is 755 g/mol. The van der Waals surface area contributed by atoms with Crippen LogP contribution in [0.25, 0.3) is 0 Å². The lowest BCUT2D eigenvalue weighted by atomic mass is 10.0. The van der Waals surface area contributed by atoms with Gasteiger partial charge in [0.2, 0.25) is 5.75 Å². The maximum Gasteiger partial charge on any atom is 0.321 e. The van der Waals surface area contributed by atoms with Gasteiger partial charge in [0.15, 0.2) is 9.84 Å². The van der Waals surface area contributed by atoms with Gasteiger partial charge in [0, 0.05) is 36.3 Å². The molecule has 0 saturated carbocycles. The summed E-state index contributed by atoms with van der Waals surface area (Å²) in [5, 5.41) is 3.35. The van der Waals surface area contributed by atoms with Crippen LogP contribution >= 0.6 is 0 Å². The summed E-state index contributed by atoms with van der Waals surface area (Å²) in [6.45, 7) is 6.00. The minimum absolute atomic E-state index is 0.0141. The van der Waals surface area contributed by atoms with Gasteiger partial charge in [0.1, 0.15) is 25.2 Å². The van der Waals surface area contributed by atoms with E-state index >= 15 is 0 Å². The van der Waals surface area contributed by atoms with Crippen molar-refractivity contribution in [3.05, 3.63) is 155 Å². The molecule has 55 heavy (non-hydrogen) atoms. The Morgan fingerprint density at radius 3 is 2.02 bits per heavy atom. The highest BCUT2D eigenvalue weighted by Gasteiger charge is 2.40. The summed E-state index contributed by atoms with van der Waals surface area (Å²) >= 11 is 0. The van der Waals surface area contributed by atoms with Gasteiger partial charge in [0.25, 0.3) is 5.88 Å². The first-order chi connectivity index (χ1) is 26.7. The van der Waals surface area contributed by atoms with Gasteiger partial charge < -0.3 is 24.6 Å². The van der Waals surface area contributed by atoms with Crippen LogP contribution in [0.4, 0.5) is 4.79 Å². The van der Waals surface area contributed by atoms with E-state index in [9.17, 15) is 13.2 Å². The molecule has 2 unspecified atom stereocenters. The Kier molecular flexibility index (Phi) is 11.8. The molecule has 0 spiro atoms. The zero-order valence-corrected chi connectivity index (χ0v) is 31.9. The molecule has 0 radical (unpaired) electrons. The van der Waals surface area contributed by atoms with Gasteiger partial charge in [-0.15, -0.1) is 0 Å². The third-order valence-corrected chi connectivity index (χ3v) is 11.6. The molecule has 0 bridgehead atoms. The number of hydrogen-bond donors (Lipinski definition) is 1. The Bertz CT molecular complexity index is 2240. The van der Waals surface area contributed by atoms with Crippen LogP contribution in [-0.2, 0) is 36.1 Å². The predicted molar refractivity (Wildman–Crippen MR) is 212 cm³/mol. The molecule has 2 saturated heterocycles. The number of ether oxygens (including phenoxy) is 2. The molecule has 282 valence electrons. The Morgan fingerprint density at radius 1 is 0.800 bits per heavy atom. The summed E-state index contributed by atoms with van der Waals surface area (Å²) in [6, 6.07) is 35.6. The van der Waals surface area contributed by atoms with Gasteiger partial charge in [-0.05, 0) is 66.8 Å². The van der Waals surface area contributed by atoms with Crippen LogP contribution in [-0.4, -0.2) is 64.4 Å². The zero-order valence-electron chi connectivity index (χ0n) is 31.1. The first kappa shape index (κ1) is 37.6. The molecule has 11 heteroatoms. The van der Waals surface area contributed by atoms with E-state index in [0.717, 1.165) is 33.4 Å². The van der Waals surface area contributed by atoms with E-state index in [1.165, 1.54) is 6.33 Å².